The summed E-state index contributed by atoms with van der Waals surface area (Å²) in [5.74, 6) is 1.50. The van der Waals surface area contributed by atoms with Gasteiger partial charge in [0.15, 0.2) is 6.10 Å². The maximum absolute atomic E-state index is 13.1. The molecule has 0 bridgehead atoms. The first-order valence-corrected chi connectivity index (χ1v) is 11.7. The lowest BCUT2D eigenvalue weighted by molar-refractivity contribution is -0.134. The Morgan fingerprint density at radius 3 is 2.36 bits per heavy atom. The number of rotatable bonds is 10. The molecule has 0 unspecified atom stereocenters. The summed E-state index contributed by atoms with van der Waals surface area (Å²) in [6.45, 7) is 6.10. The number of β-lactam (4-membered cyclic amide) rings is 1. The van der Waals surface area contributed by atoms with Crippen molar-refractivity contribution in [1.82, 2.24) is 5.32 Å². The third kappa shape index (κ3) is 5.49. The molecule has 5 nitrogen and oxygen atoms in total. The Balaban J connectivity index is 1.40. The van der Waals surface area contributed by atoms with Gasteiger partial charge in [-0.2, -0.15) is 0 Å². The molecule has 0 aliphatic carbocycles. The van der Waals surface area contributed by atoms with Gasteiger partial charge in [-0.1, -0.05) is 41.9 Å². The van der Waals surface area contributed by atoms with Gasteiger partial charge in [0, 0.05) is 17.3 Å². The largest absolute Gasteiger partial charge is 0.494 e. The summed E-state index contributed by atoms with van der Waals surface area (Å²) in [6.07, 6.45) is 0.351. The van der Waals surface area contributed by atoms with Crippen LogP contribution in [0.5, 0.6) is 11.5 Å². The number of carbonyl (C=O) groups excluding carboxylic acids is 1. The highest BCUT2D eigenvalue weighted by molar-refractivity contribution is 6.30. The van der Waals surface area contributed by atoms with Crippen molar-refractivity contribution >= 4 is 23.2 Å². The van der Waals surface area contributed by atoms with E-state index in [0.717, 1.165) is 30.0 Å². The molecule has 1 aliphatic heterocycles. The third-order valence-corrected chi connectivity index (χ3v) is 6.04. The van der Waals surface area contributed by atoms with Crippen LogP contribution in [-0.4, -0.2) is 37.7 Å². The molecule has 0 aromatic heterocycles. The lowest BCUT2D eigenvalue weighted by Gasteiger charge is -2.47. The van der Waals surface area contributed by atoms with Crippen LogP contribution in [0, 0.1) is 6.92 Å². The number of nitrogens with zero attached hydrogens (tertiary/aromatic N) is 1. The average molecular weight is 465 g/mol. The quantitative estimate of drug-likeness (QED) is 0.337. The molecule has 172 valence electrons. The van der Waals surface area contributed by atoms with E-state index in [2.05, 4.69) is 17.4 Å². The van der Waals surface area contributed by atoms with Gasteiger partial charge in [-0.3, -0.25) is 4.79 Å². The maximum Gasteiger partial charge on any atom is 0.270 e. The molecular weight excluding hydrogens is 436 g/mol. The molecule has 1 saturated heterocycles. The van der Waals surface area contributed by atoms with Gasteiger partial charge in [-0.25, -0.2) is 0 Å². The summed E-state index contributed by atoms with van der Waals surface area (Å²) in [6, 6.07) is 23.1. The number of halogens is 1. The van der Waals surface area contributed by atoms with E-state index in [1.807, 2.05) is 55.1 Å². The van der Waals surface area contributed by atoms with E-state index in [1.54, 1.807) is 24.3 Å². The summed E-state index contributed by atoms with van der Waals surface area (Å²) in [7, 11) is 0. The number of aryl methyl sites for hydroxylation is 1. The normalized spacial score (nSPS) is 17.5. The maximum atomic E-state index is 13.1. The third-order valence-electron chi connectivity index (χ3n) is 5.79. The minimum Gasteiger partial charge on any atom is -0.494 e. The summed E-state index contributed by atoms with van der Waals surface area (Å²) < 4.78 is 11.6. The second kappa shape index (κ2) is 10.7. The van der Waals surface area contributed by atoms with Crippen LogP contribution in [0.3, 0.4) is 0 Å². The van der Waals surface area contributed by atoms with Crippen molar-refractivity contribution in [3.8, 4) is 11.5 Å². The molecule has 1 aliphatic rings. The molecule has 33 heavy (non-hydrogen) atoms. The monoisotopic (exact) mass is 464 g/mol. The number of anilines is 1. The molecular formula is C27H29ClN2O3. The van der Waals surface area contributed by atoms with Crippen molar-refractivity contribution in [2.75, 3.05) is 24.6 Å². The second-order valence-corrected chi connectivity index (χ2v) is 8.52. The Morgan fingerprint density at radius 2 is 1.67 bits per heavy atom. The molecule has 0 saturated carbocycles. The van der Waals surface area contributed by atoms with Crippen LogP contribution in [0.4, 0.5) is 5.69 Å². The number of amides is 1. The van der Waals surface area contributed by atoms with E-state index in [9.17, 15) is 4.79 Å². The molecule has 3 aromatic carbocycles. The van der Waals surface area contributed by atoms with Crippen molar-refractivity contribution in [2.24, 2.45) is 0 Å². The van der Waals surface area contributed by atoms with Gasteiger partial charge < -0.3 is 19.7 Å². The van der Waals surface area contributed by atoms with E-state index in [0.29, 0.717) is 23.9 Å². The molecule has 4 rings (SSSR count). The number of nitrogens with one attached hydrogen (secondary N) is 1. The lowest BCUT2D eigenvalue weighted by Crippen LogP contribution is -2.70. The summed E-state index contributed by atoms with van der Waals surface area (Å²) in [4.78, 5) is 14.9. The molecule has 0 radical (unpaired) electrons. The number of carbonyl (C=O) groups is 1. The molecule has 1 N–H and O–H groups in total. The van der Waals surface area contributed by atoms with Crippen molar-refractivity contribution in [3.05, 3.63) is 88.9 Å². The minimum atomic E-state index is -0.538. The van der Waals surface area contributed by atoms with Crippen LogP contribution in [0.25, 0.3) is 0 Å². The van der Waals surface area contributed by atoms with Crippen LogP contribution in [0.15, 0.2) is 72.8 Å². The zero-order chi connectivity index (χ0) is 23.2. The molecule has 2 atom stereocenters. The topological polar surface area (TPSA) is 50.8 Å². The number of para-hydroxylation sites is 1. The smallest absolute Gasteiger partial charge is 0.270 e. The van der Waals surface area contributed by atoms with Crippen molar-refractivity contribution in [3.63, 3.8) is 0 Å². The Bertz CT molecular complexity index is 1070. The van der Waals surface area contributed by atoms with Crippen LogP contribution in [-0.2, 0) is 11.2 Å². The molecule has 3 aromatic rings. The van der Waals surface area contributed by atoms with Gasteiger partial charge in [-0.05, 0) is 80.4 Å². The molecule has 1 fully saturated rings. The Kier molecular flexibility index (Phi) is 7.53. The number of hydrogen-bond donors (Lipinski definition) is 1. The fourth-order valence-corrected chi connectivity index (χ4v) is 4.16. The van der Waals surface area contributed by atoms with Gasteiger partial charge in [0.25, 0.3) is 5.91 Å². The first-order chi connectivity index (χ1) is 16.1. The second-order valence-electron chi connectivity index (χ2n) is 8.09. The number of benzene rings is 3. The van der Waals surface area contributed by atoms with E-state index in [-0.39, 0.29) is 11.9 Å². The fraction of sp³-hybridized carbons (Fsp3) is 0.296. The van der Waals surface area contributed by atoms with Gasteiger partial charge in [0.1, 0.15) is 11.5 Å². The predicted octanol–water partition coefficient (Wildman–Crippen LogP) is 5.04. The standard InChI is InChI=1S/C27H29ClN2O3/c1-3-32-22-12-8-20(9-13-22)16-17-29-18-25-26(33-23-14-10-21(28)11-15-23)27(31)30(25)24-7-5-4-6-19(24)2/h4-15,25-26,29H,3,16-18H2,1-2H3/t25-,26-/m1/s1. The fourth-order valence-electron chi connectivity index (χ4n) is 4.04. The van der Waals surface area contributed by atoms with Gasteiger partial charge in [-0.15, -0.1) is 0 Å². The van der Waals surface area contributed by atoms with Crippen LogP contribution in [0.2, 0.25) is 5.02 Å². The van der Waals surface area contributed by atoms with Crippen LogP contribution in [0.1, 0.15) is 18.1 Å². The highest BCUT2D eigenvalue weighted by Gasteiger charge is 2.50. The van der Waals surface area contributed by atoms with Crippen molar-refractivity contribution in [2.45, 2.75) is 32.4 Å². The molecule has 1 heterocycles. The predicted molar refractivity (Wildman–Crippen MR) is 133 cm³/mol. The first kappa shape index (κ1) is 23.1. The highest BCUT2D eigenvalue weighted by Crippen LogP contribution is 2.33. The lowest BCUT2D eigenvalue weighted by atomic mass is 9.95. The van der Waals surface area contributed by atoms with Gasteiger partial charge >= 0.3 is 0 Å². The zero-order valence-corrected chi connectivity index (χ0v) is 19.7. The van der Waals surface area contributed by atoms with Crippen molar-refractivity contribution < 1.29 is 14.3 Å². The van der Waals surface area contributed by atoms with Crippen LogP contribution < -0.4 is 19.7 Å². The first-order valence-electron chi connectivity index (χ1n) is 11.3. The van der Waals surface area contributed by atoms with Gasteiger partial charge in [0.05, 0.1) is 12.6 Å². The average Bonchev–Trinajstić information content (AvgIpc) is 2.83. The number of hydrogen-bond acceptors (Lipinski definition) is 4. The zero-order valence-electron chi connectivity index (χ0n) is 19.0. The minimum absolute atomic E-state index is 0.0300. The molecule has 1 amide bonds. The van der Waals surface area contributed by atoms with E-state index in [1.165, 1.54) is 5.56 Å². The number of ether oxygens (including phenoxy) is 2. The molecule has 6 heteroatoms. The Morgan fingerprint density at radius 1 is 0.970 bits per heavy atom. The van der Waals surface area contributed by atoms with E-state index < -0.39 is 6.10 Å². The summed E-state index contributed by atoms with van der Waals surface area (Å²) >= 11 is 5.99. The summed E-state index contributed by atoms with van der Waals surface area (Å²) in [5.41, 5.74) is 3.23. The highest BCUT2D eigenvalue weighted by atomic mass is 35.5. The van der Waals surface area contributed by atoms with Crippen molar-refractivity contribution in [1.29, 1.82) is 0 Å². The van der Waals surface area contributed by atoms with Crippen LogP contribution >= 0.6 is 11.6 Å². The Labute approximate surface area is 200 Å². The Hall–Kier alpha value is -3.02. The van der Waals surface area contributed by atoms with Gasteiger partial charge in [0.2, 0.25) is 0 Å². The van der Waals surface area contributed by atoms with E-state index >= 15 is 0 Å². The SMILES string of the molecule is CCOc1ccc(CCNC[C@@H]2[C@@H](Oc3ccc(Cl)cc3)C(=O)N2c2ccccc2C)cc1. The molecule has 0 spiro atoms. The summed E-state index contributed by atoms with van der Waals surface area (Å²) in [5, 5.41) is 4.15. The van der Waals surface area contributed by atoms with E-state index in [4.69, 9.17) is 21.1 Å².